The molecular weight excluding hydrogens is 244 g/mol. The zero-order valence-electron chi connectivity index (χ0n) is 13.1. The first-order chi connectivity index (χ1) is 8.62. The molecule has 2 rings (SSSR count). The average Bonchev–Trinajstić information content (AvgIpc) is 2.27. The van der Waals surface area contributed by atoms with E-state index in [1.807, 2.05) is 0 Å². The molecule has 1 heteroatoms. The minimum Gasteiger partial charge on any atom is -0.227 e. The molecule has 0 N–H and O–H groups in total. The van der Waals surface area contributed by atoms with Crippen molar-refractivity contribution in [2.24, 2.45) is 10.8 Å². The summed E-state index contributed by atoms with van der Waals surface area (Å²) in [7, 11) is -1.54. The lowest BCUT2D eigenvalue weighted by molar-refractivity contribution is 0.583. The Morgan fingerprint density at radius 1 is 1.00 bits per heavy atom. The van der Waals surface area contributed by atoms with Crippen LogP contribution in [0.1, 0.15) is 27.7 Å². The monoisotopic (exact) mass is 270 g/mol. The van der Waals surface area contributed by atoms with Gasteiger partial charge in [0.1, 0.15) is 0 Å². The third kappa shape index (κ3) is 3.09. The van der Waals surface area contributed by atoms with E-state index in [2.05, 4.69) is 89.7 Å². The van der Waals surface area contributed by atoms with Gasteiger partial charge in [0.25, 0.3) is 0 Å². The molecule has 0 nitrogen and oxygen atoms in total. The lowest BCUT2D eigenvalue weighted by Crippen LogP contribution is -2.37. The Labute approximate surface area is 120 Å². The van der Waals surface area contributed by atoms with Gasteiger partial charge in [-0.1, -0.05) is 51.6 Å². The summed E-state index contributed by atoms with van der Waals surface area (Å²) in [5, 5.41) is 1.52. The Balaban J connectivity index is 2.19. The van der Waals surface area contributed by atoms with Crippen LogP contribution in [-0.2, 0) is 0 Å². The van der Waals surface area contributed by atoms with Gasteiger partial charge in [0.15, 0.2) is 0 Å². The quantitative estimate of drug-likeness (QED) is 0.476. The standard InChI is InChI=1S/C18H26Si/c1-17(2)11-7-15(8-12-17)19(5,6)16-9-13-18(3,4)14-10-16/h7-14H,1-6H3/q-2. The van der Waals surface area contributed by atoms with Gasteiger partial charge >= 0.3 is 0 Å². The van der Waals surface area contributed by atoms with Crippen molar-refractivity contribution >= 4 is 8.07 Å². The van der Waals surface area contributed by atoms with Gasteiger partial charge in [0.05, 0.1) is 0 Å². The SMILES string of the molecule is CC1(C)C=C[C-]([Si](C)(C)C2=C[CH-]C(C)(C)C=C2)C=C1. The molecule has 0 aliphatic heterocycles. The predicted octanol–water partition coefficient (Wildman–Crippen LogP) is 5.23. The second-order valence-corrected chi connectivity index (χ2v) is 11.9. The van der Waals surface area contributed by atoms with Crippen molar-refractivity contribution in [1.82, 2.24) is 0 Å². The maximum Gasteiger partial charge on any atom is -0.0335 e. The zero-order chi connectivity index (χ0) is 14.3. The van der Waals surface area contributed by atoms with Crippen molar-refractivity contribution in [3.63, 3.8) is 0 Å². The molecule has 2 aliphatic carbocycles. The van der Waals surface area contributed by atoms with Crippen LogP contribution in [0.25, 0.3) is 0 Å². The highest BCUT2D eigenvalue weighted by atomic mass is 28.3. The number of hydrogen-bond acceptors (Lipinski definition) is 0. The van der Waals surface area contributed by atoms with Crippen LogP contribution in [-0.4, -0.2) is 8.07 Å². The summed E-state index contributed by atoms with van der Waals surface area (Å²) in [4.78, 5) is 0. The fraction of sp³-hybridized carbons (Fsp3) is 0.444. The van der Waals surface area contributed by atoms with Crippen molar-refractivity contribution in [2.75, 3.05) is 0 Å². The summed E-state index contributed by atoms with van der Waals surface area (Å²) < 4.78 is 0. The highest BCUT2D eigenvalue weighted by molar-refractivity contribution is 6.90. The average molecular weight is 270 g/mol. The smallest absolute Gasteiger partial charge is 0.0335 e. The van der Waals surface area contributed by atoms with Crippen LogP contribution in [0.3, 0.4) is 0 Å². The van der Waals surface area contributed by atoms with E-state index in [1.165, 1.54) is 10.7 Å². The van der Waals surface area contributed by atoms with Gasteiger partial charge in [-0.3, -0.25) is 0 Å². The second-order valence-electron chi connectivity index (χ2n) is 7.51. The summed E-state index contributed by atoms with van der Waals surface area (Å²) in [5.74, 6) is 0. The molecule has 0 atom stereocenters. The maximum absolute atomic E-state index is 2.44. The van der Waals surface area contributed by atoms with E-state index >= 15 is 0 Å². The van der Waals surface area contributed by atoms with E-state index in [9.17, 15) is 0 Å². The Morgan fingerprint density at radius 3 is 2.05 bits per heavy atom. The first-order valence-corrected chi connectivity index (χ1v) is 10.1. The molecule has 0 saturated heterocycles. The molecule has 0 aromatic rings. The van der Waals surface area contributed by atoms with Crippen LogP contribution in [0.2, 0.25) is 13.1 Å². The van der Waals surface area contributed by atoms with Gasteiger partial charge in [-0.2, -0.15) is 29.8 Å². The predicted molar refractivity (Wildman–Crippen MR) is 88.1 cm³/mol. The minimum absolute atomic E-state index is 0.207. The van der Waals surface area contributed by atoms with Gasteiger partial charge < -0.3 is 0 Å². The molecule has 0 fully saturated rings. The van der Waals surface area contributed by atoms with E-state index in [0.717, 1.165) is 0 Å². The lowest BCUT2D eigenvalue weighted by atomic mass is 9.86. The molecule has 0 bridgehead atoms. The van der Waals surface area contributed by atoms with E-state index in [0.29, 0.717) is 0 Å². The number of rotatable bonds is 2. The molecule has 0 heterocycles. The molecule has 0 radical (unpaired) electrons. The van der Waals surface area contributed by atoms with E-state index in [-0.39, 0.29) is 10.8 Å². The fourth-order valence-electron chi connectivity index (χ4n) is 2.44. The first kappa shape index (κ1) is 14.3. The van der Waals surface area contributed by atoms with Crippen molar-refractivity contribution in [1.29, 1.82) is 0 Å². The highest BCUT2D eigenvalue weighted by Crippen LogP contribution is 2.38. The number of hydrogen-bond donors (Lipinski definition) is 0. The van der Waals surface area contributed by atoms with E-state index in [1.54, 1.807) is 0 Å². The topological polar surface area (TPSA) is 0 Å². The summed E-state index contributed by atoms with van der Waals surface area (Å²) in [6.07, 6.45) is 18.7. The van der Waals surface area contributed by atoms with Gasteiger partial charge in [-0.15, -0.1) is 12.2 Å². The third-order valence-corrected chi connectivity index (χ3v) is 7.77. The second kappa shape index (κ2) is 4.48. The van der Waals surface area contributed by atoms with Gasteiger partial charge in [0, 0.05) is 0 Å². The normalized spacial score (nSPS) is 24.1. The van der Waals surface area contributed by atoms with Crippen LogP contribution in [0.4, 0.5) is 0 Å². The molecule has 0 amide bonds. The molecule has 0 unspecified atom stereocenters. The summed E-state index contributed by atoms with van der Waals surface area (Å²) in [6, 6.07) is 0. The van der Waals surface area contributed by atoms with Crippen LogP contribution >= 0.6 is 0 Å². The third-order valence-electron chi connectivity index (χ3n) is 4.21. The first-order valence-electron chi connectivity index (χ1n) is 7.14. The Kier molecular flexibility index (Phi) is 3.38. The molecule has 104 valence electrons. The van der Waals surface area contributed by atoms with E-state index in [4.69, 9.17) is 0 Å². The van der Waals surface area contributed by atoms with Crippen molar-refractivity contribution in [3.8, 4) is 0 Å². The van der Waals surface area contributed by atoms with Crippen molar-refractivity contribution < 1.29 is 0 Å². The zero-order valence-corrected chi connectivity index (χ0v) is 14.1. The Bertz CT molecular complexity index is 454. The van der Waals surface area contributed by atoms with Crippen LogP contribution in [0, 0.1) is 22.8 Å². The molecular formula is C18H26Si-2. The van der Waals surface area contributed by atoms with Crippen LogP contribution in [0.5, 0.6) is 0 Å². The van der Waals surface area contributed by atoms with Gasteiger partial charge in [0.2, 0.25) is 0 Å². The van der Waals surface area contributed by atoms with Crippen LogP contribution < -0.4 is 0 Å². The molecule has 19 heavy (non-hydrogen) atoms. The van der Waals surface area contributed by atoms with E-state index < -0.39 is 8.07 Å². The summed E-state index contributed by atoms with van der Waals surface area (Å²) in [6.45, 7) is 13.9. The molecule has 2 aliphatic rings. The molecule has 0 aromatic carbocycles. The van der Waals surface area contributed by atoms with Crippen molar-refractivity contribution in [2.45, 2.75) is 40.8 Å². The summed E-state index contributed by atoms with van der Waals surface area (Å²) >= 11 is 0. The van der Waals surface area contributed by atoms with Crippen molar-refractivity contribution in [3.05, 3.63) is 59.7 Å². The molecule has 0 aromatic heterocycles. The largest absolute Gasteiger partial charge is 0.227 e. The maximum atomic E-state index is 2.44. The van der Waals surface area contributed by atoms with Gasteiger partial charge in [-0.05, 0) is 8.07 Å². The number of allylic oxidation sites excluding steroid dienone is 8. The minimum atomic E-state index is -1.54. The Morgan fingerprint density at radius 2 is 1.58 bits per heavy atom. The fourth-order valence-corrected chi connectivity index (χ4v) is 4.77. The van der Waals surface area contributed by atoms with Gasteiger partial charge in [-0.25, -0.2) is 17.7 Å². The summed E-state index contributed by atoms with van der Waals surface area (Å²) in [5.41, 5.74) is 1.94. The highest BCUT2D eigenvalue weighted by Gasteiger charge is 2.23. The Hall–Kier alpha value is -1.08. The molecule has 0 saturated carbocycles. The van der Waals surface area contributed by atoms with Crippen LogP contribution in [0.15, 0.2) is 47.7 Å². The molecule has 0 spiro atoms. The lowest BCUT2D eigenvalue weighted by Gasteiger charge is -2.47.